The monoisotopic (exact) mass is 884 g/mol. The molecular formula is C16H2CaF30O5. The van der Waals surface area contributed by atoms with Crippen LogP contribution in [0.5, 0.6) is 0 Å². The number of hydrogen-bond donors (Lipinski definition) is 0. The van der Waals surface area contributed by atoms with Gasteiger partial charge in [-0.3, -0.25) is 0 Å². The molecule has 36 heteroatoms. The molecular weight excluding hydrogens is 882 g/mol. The molecule has 0 fully saturated rings. The van der Waals surface area contributed by atoms with Gasteiger partial charge in [-0.2, -0.15) is 132 Å². The molecule has 0 unspecified atom stereocenters. The van der Waals surface area contributed by atoms with Crippen molar-refractivity contribution in [3.8, 4) is 0 Å². The van der Waals surface area contributed by atoms with Crippen LogP contribution in [0.4, 0.5) is 132 Å². The third-order valence-electron chi connectivity index (χ3n) is 5.17. The summed E-state index contributed by atoms with van der Waals surface area (Å²) >= 11 is 0. The number of hydrogen-bond acceptors (Lipinski definition) is 4. The zero-order chi connectivity index (χ0) is 42.2. The van der Waals surface area contributed by atoms with Crippen LogP contribution < -0.4 is 10.2 Å². The summed E-state index contributed by atoms with van der Waals surface area (Å²) < 4.78 is 372. The normalized spacial score (nSPS) is 15.5. The van der Waals surface area contributed by atoms with Gasteiger partial charge in [0.25, 0.3) is 0 Å². The molecule has 0 saturated carbocycles. The van der Waals surface area contributed by atoms with Crippen molar-refractivity contribution in [2.45, 2.75) is 83.4 Å². The number of halogens is 30. The Balaban J connectivity index is -0.000000427. The standard InChI is InChI=1S/2C8HF15O2.Ca.H2O/c2*9-2(10,1(24)25)3(11,12)4(13,14)5(15,16)6(17,18)7(19,20)8(21,22)23;;/h2*(H,24,25);;1H2/q;;+2;/p-2. The number of aliphatic carboxylic acids is 2. The van der Waals surface area contributed by atoms with E-state index in [1.54, 1.807) is 0 Å². The SMILES string of the molecule is O.O=C([O-])C(F)(F)C(F)(F)C(F)(F)C(F)(F)C(F)(F)C(F)(F)C(F)(F)F.O=C([O-])C(F)(F)C(F)(F)C(F)(F)C(F)(F)C(F)(F)C(F)(F)C(F)(F)F.[Ca+2]. The first-order chi connectivity index (χ1) is 20.9. The van der Waals surface area contributed by atoms with Gasteiger partial charge < -0.3 is 25.3 Å². The van der Waals surface area contributed by atoms with Gasteiger partial charge in [0.1, 0.15) is 11.9 Å². The average molecular weight is 884 g/mol. The van der Waals surface area contributed by atoms with Gasteiger partial charge in [0.2, 0.25) is 0 Å². The van der Waals surface area contributed by atoms with E-state index in [-0.39, 0.29) is 43.2 Å². The van der Waals surface area contributed by atoms with E-state index in [9.17, 15) is 152 Å². The molecule has 0 aromatic rings. The molecule has 0 rings (SSSR count). The van der Waals surface area contributed by atoms with Crippen molar-refractivity contribution in [3.63, 3.8) is 0 Å². The maximum Gasteiger partial charge on any atom is 2.00 e. The van der Waals surface area contributed by atoms with Crippen molar-refractivity contribution in [2.75, 3.05) is 0 Å². The molecule has 0 aliphatic rings. The van der Waals surface area contributed by atoms with Crippen LogP contribution in [0, 0.1) is 0 Å². The Labute approximate surface area is 290 Å². The molecule has 52 heavy (non-hydrogen) atoms. The Hall–Kier alpha value is -1.94. The molecule has 0 amide bonds. The molecule has 0 aliphatic carbocycles. The van der Waals surface area contributed by atoms with Crippen LogP contribution in [-0.2, 0) is 9.59 Å². The van der Waals surface area contributed by atoms with E-state index >= 15 is 0 Å². The zero-order valence-corrected chi connectivity index (χ0v) is 24.4. The maximum atomic E-state index is 12.8. The van der Waals surface area contributed by atoms with E-state index in [1.165, 1.54) is 0 Å². The van der Waals surface area contributed by atoms with Gasteiger partial charge in [-0.05, 0) is 0 Å². The average Bonchev–Trinajstić information content (AvgIpc) is 2.86. The molecule has 0 saturated heterocycles. The number of rotatable bonds is 12. The summed E-state index contributed by atoms with van der Waals surface area (Å²) in [5.41, 5.74) is 0. The maximum absolute atomic E-state index is 12.8. The fourth-order valence-electron chi connectivity index (χ4n) is 2.19. The summed E-state index contributed by atoms with van der Waals surface area (Å²) in [7, 11) is 0. The molecule has 0 aromatic carbocycles. The summed E-state index contributed by atoms with van der Waals surface area (Å²) in [5, 5.41) is 19.2. The zero-order valence-electron chi connectivity index (χ0n) is 22.2. The van der Waals surface area contributed by atoms with Crippen LogP contribution in [0.2, 0.25) is 0 Å². The van der Waals surface area contributed by atoms with Crippen LogP contribution in [0.3, 0.4) is 0 Å². The van der Waals surface area contributed by atoms with Gasteiger partial charge in [0, 0.05) is 0 Å². The number of carbonyl (C=O) groups is 2. The Morgan fingerprint density at radius 3 is 0.500 bits per heavy atom. The summed E-state index contributed by atoms with van der Waals surface area (Å²) in [4.78, 5) is 19.2. The van der Waals surface area contributed by atoms with Crippen LogP contribution >= 0.6 is 0 Å². The van der Waals surface area contributed by atoms with E-state index in [0.717, 1.165) is 0 Å². The third-order valence-corrected chi connectivity index (χ3v) is 5.17. The van der Waals surface area contributed by atoms with E-state index in [2.05, 4.69) is 0 Å². The number of alkyl halides is 30. The molecule has 2 N–H and O–H groups in total. The van der Waals surface area contributed by atoms with E-state index in [0.29, 0.717) is 0 Å². The van der Waals surface area contributed by atoms with E-state index in [1.807, 2.05) is 0 Å². The second kappa shape index (κ2) is 14.6. The minimum Gasteiger partial charge on any atom is -0.544 e. The molecule has 0 aliphatic heterocycles. The van der Waals surface area contributed by atoms with Crippen molar-refractivity contribution >= 4 is 49.7 Å². The van der Waals surface area contributed by atoms with Gasteiger partial charge in [0.15, 0.2) is 0 Å². The van der Waals surface area contributed by atoms with Crippen molar-refractivity contribution in [3.05, 3.63) is 0 Å². The van der Waals surface area contributed by atoms with Crippen LogP contribution in [0.15, 0.2) is 0 Å². The number of carbonyl (C=O) groups excluding carboxylic acids is 2. The Bertz CT molecular complexity index is 1170. The summed E-state index contributed by atoms with van der Waals surface area (Å²) in [6.45, 7) is 0. The van der Waals surface area contributed by atoms with Crippen molar-refractivity contribution in [1.82, 2.24) is 0 Å². The van der Waals surface area contributed by atoms with Crippen LogP contribution in [0.1, 0.15) is 0 Å². The topological polar surface area (TPSA) is 112 Å². The smallest absolute Gasteiger partial charge is 0.544 e. The Morgan fingerprint density at radius 2 is 0.385 bits per heavy atom. The first-order valence-electron chi connectivity index (χ1n) is 9.99. The number of carboxylic acids is 2. The van der Waals surface area contributed by atoms with Gasteiger partial charge in [-0.1, -0.05) is 0 Å². The van der Waals surface area contributed by atoms with E-state index < -0.39 is 95.4 Å². The fourth-order valence-corrected chi connectivity index (χ4v) is 2.19. The van der Waals surface area contributed by atoms with E-state index in [4.69, 9.17) is 0 Å². The second-order valence-corrected chi connectivity index (χ2v) is 8.46. The molecule has 0 aromatic heterocycles. The molecule has 0 radical (unpaired) electrons. The third kappa shape index (κ3) is 7.64. The Morgan fingerprint density at radius 1 is 0.269 bits per heavy atom. The molecule has 0 bridgehead atoms. The largest absolute Gasteiger partial charge is 2.00 e. The van der Waals surface area contributed by atoms with Gasteiger partial charge in [-0.25, -0.2) is 0 Å². The van der Waals surface area contributed by atoms with Crippen molar-refractivity contribution in [1.29, 1.82) is 0 Å². The first-order valence-corrected chi connectivity index (χ1v) is 9.99. The predicted octanol–water partition coefficient (Wildman–Crippen LogP) is 5.02. The first kappa shape index (κ1) is 56.8. The molecule has 0 heterocycles. The molecule has 0 atom stereocenters. The number of carboxylic acid groups (broad SMARTS) is 2. The summed E-state index contributed by atoms with van der Waals surface area (Å²) in [5.74, 6) is -107. The minimum atomic E-state index is -8.50. The summed E-state index contributed by atoms with van der Waals surface area (Å²) in [6.07, 6.45) is -15.4. The van der Waals surface area contributed by atoms with Crippen LogP contribution in [0.25, 0.3) is 0 Å². The summed E-state index contributed by atoms with van der Waals surface area (Å²) in [6, 6.07) is 0. The quantitative estimate of drug-likeness (QED) is 0.203. The van der Waals surface area contributed by atoms with Gasteiger partial charge in [-0.15, -0.1) is 0 Å². The van der Waals surface area contributed by atoms with Crippen molar-refractivity contribution < 1.29 is 157 Å². The van der Waals surface area contributed by atoms with Crippen molar-refractivity contribution in [2.24, 2.45) is 0 Å². The predicted molar refractivity (Wildman–Crippen MR) is 90.9 cm³/mol. The van der Waals surface area contributed by atoms with Gasteiger partial charge >= 0.3 is 121 Å². The Kier molecular flexibility index (Phi) is 16.0. The molecule has 0 spiro atoms. The second-order valence-electron chi connectivity index (χ2n) is 8.46. The molecule has 5 nitrogen and oxygen atoms in total. The minimum absolute atomic E-state index is 0. The molecule has 308 valence electrons. The van der Waals surface area contributed by atoms with Crippen LogP contribution in [-0.4, -0.2) is 139 Å². The van der Waals surface area contributed by atoms with Gasteiger partial charge in [0.05, 0.1) is 0 Å². The fraction of sp³-hybridized carbons (Fsp3) is 0.875.